The van der Waals surface area contributed by atoms with E-state index in [1.165, 1.54) is 6.21 Å². The second-order valence-corrected chi connectivity index (χ2v) is 5.30. The summed E-state index contributed by atoms with van der Waals surface area (Å²) in [5.41, 5.74) is 2.40. The van der Waals surface area contributed by atoms with Crippen molar-refractivity contribution in [2.24, 2.45) is 5.10 Å². The van der Waals surface area contributed by atoms with E-state index in [1.807, 2.05) is 34.7 Å². The van der Waals surface area contributed by atoms with Gasteiger partial charge in [-0.3, -0.25) is 4.79 Å². The monoisotopic (exact) mass is 398 g/mol. The van der Waals surface area contributed by atoms with Crippen LogP contribution in [0.3, 0.4) is 0 Å². The highest BCUT2D eigenvalue weighted by Crippen LogP contribution is 2.30. The second kappa shape index (κ2) is 6.17. The first-order chi connectivity index (χ1) is 10.2. The van der Waals surface area contributed by atoms with Gasteiger partial charge < -0.3 is 13.9 Å². The lowest BCUT2D eigenvalue weighted by Gasteiger charge is -2.24. The number of carbonyl (C=O) groups is 1. The van der Waals surface area contributed by atoms with E-state index in [2.05, 4.69) is 10.5 Å². The molecule has 1 atom stereocenters. The number of carbonyl (C=O) groups excluding carboxylic acids is 1. The summed E-state index contributed by atoms with van der Waals surface area (Å²) in [6.45, 7) is 0.150. The lowest BCUT2D eigenvalue weighted by molar-refractivity contribution is -0.130. The number of nitrogens with one attached hydrogen (secondary N) is 1. The molecular weight excluding hydrogens is 387 g/mol. The van der Waals surface area contributed by atoms with Crippen LogP contribution in [0.15, 0.2) is 45.9 Å². The zero-order valence-electron chi connectivity index (χ0n) is 10.8. The largest absolute Gasteiger partial charge is 0.485 e. The van der Waals surface area contributed by atoms with E-state index in [1.54, 1.807) is 24.3 Å². The molecule has 108 valence electrons. The third-order valence-electron chi connectivity index (χ3n) is 2.76. The molecule has 7 heteroatoms. The van der Waals surface area contributed by atoms with Crippen LogP contribution in [0.2, 0.25) is 0 Å². The van der Waals surface area contributed by atoms with Crippen molar-refractivity contribution in [3.63, 3.8) is 0 Å². The fourth-order valence-corrected chi connectivity index (χ4v) is 2.21. The average molecular weight is 398 g/mol. The summed E-state index contributed by atoms with van der Waals surface area (Å²) < 4.78 is 17.1. The molecule has 1 aliphatic rings. The molecule has 0 spiro atoms. The van der Waals surface area contributed by atoms with Gasteiger partial charge in [0.2, 0.25) is 6.10 Å². The summed E-state index contributed by atoms with van der Waals surface area (Å²) >= 11 is 2.05. The number of para-hydroxylation sites is 2. The molecule has 0 aliphatic carbocycles. The molecule has 0 saturated heterocycles. The predicted molar refractivity (Wildman–Crippen MR) is 83.5 cm³/mol. The molecule has 1 N–H and O–H groups in total. The van der Waals surface area contributed by atoms with Crippen LogP contribution in [0.4, 0.5) is 0 Å². The standard InChI is InChI=1S/C14H11IN2O4/c15-13-6-5-9(20-13)7-16-17-14(18)12-8-19-10-3-1-2-4-11(10)21-12/h1-7,12H,8H2,(H,17,18)/b16-7+/t12-/m1/s1. The Morgan fingerprint density at radius 2 is 2.10 bits per heavy atom. The van der Waals surface area contributed by atoms with Gasteiger partial charge in [-0.25, -0.2) is 5.43 Å². The first-order valence-electron chi connectivity index (χ1n) is 6.19. The number of nitrogens with zero attached hydrogens (tertiary/aromatic N) is 1. The molecule has 1 aliphatic heterocycles. The lowest BCUT2D eigenvalue weighted by atomic mass is 10.2. The van der Waals surface area contributed by atoms with Gasteiger partial charge in [0.1, 0.15) is 12.4 Å². The van der Waals surface area contributed by atoms with Crippen molar-refractivity contribution in [3.8, 4) is 11.5 Å². The highest BCUT2D eigenvalue weighted by Gasteiger charge is 2.26. The number of amides is 1. The van der Waals surface area contributed by atoms with E-state index in [0.29, 0.717) is 17.3 Å². The minimum Gasteiger partial charge on any atom is -0.485 e. The molecule has 0 unspecified atom stereocenters. The van der Waals surface area contributed by atoms with E-state index in [4.69, 9.17) is 13.9 Å². The highest BCUT2D eigenvalue weighted by atomic mass is 127. The number of benzene rings is 1. The zero-order valence-corrected chi connectivity index (χ0v) is 12.9. The van der Waals surface area contributed by atoms with Crippen LogP contribution >= 0.6 is 22.6 Å². The Morgan fingerprint density at radius 3 is 2.86 bits per heavy atom. The van der Waals surface area contributed by atoms with E-state index < -0.39 is 6.10 Å². The maximum Gasteiger partial charge on any atom is 0.284 e. The lowest BCUT2D eigenvalue weighted by Crippen LogP contribution is -2.42. The summed E-state index contributed by atoms with van der Waals surface area (Å²) in [5.74, 6) is 1.37. The number of hydrogen-bond acceptors (Lipinski definition) is 5. The molecule has 21 heavy (non-hydrogen) atoms. The van der Waals surface area contributed by atoms with Crippen LogP contribution in [0, 0.1) is 3.77 Å². The molecule has 3 rings (SSSR count). The number of hydrazone groups is 1. The SMILES string of the molecule is O=C(N/N=C/c1ccc(I)o1)[C@H]1COc2ccccc2O1. The quantitative estimate of drug-likeness (QED) is 0.489. The van der Waals surface area contributed by atoms with Crippen LogP contribution in [-0.4, -0.2) is 24.8 Å². The molecule has 6 nitrogen and oxygen atoms in total. The van der Waals surface area contributed by atoms with Crippen molar-refractivity contribution in [2.45, 2.75) is 6.10 Å². The zero-order chi connectivity index (χ0) is 14.7. The van der Waals surface area contributed by atoms with Gasteiger partial charge in [-0.05, 0) is 46.9 Å². The Hall–Kier alpha value is -2.03. The smallest absolute Gasteiger partial charge is 0.284 e. The molecule has 0 radical (unpaired) electrons. The van der Waals surface area contributed by atoms with Gasteiger partial charge in [-0.15, -0.1) is 0 Å². The molecular formula is C14H11IN2O4. The van der Waals surface area contributed by atoms with Crippen molar-refractivity contribution >= 4 is 34.7 Å². The fraction of sp³-hybridized carbons (Fsp3) is 0.143. The molecule has 0 bridgehead atoms. The molecule has 1 aromatic heterocycles. The van der Waals surface area contributed by atoms with E-state index in [-0.39, 0.29) is 12.5 Å². The number of ether oxygens (including phenoxy) is 2. The molecule has 1 aromatic carbocycles. The fourth-order valence-electron chi connectivity index (χ4n) is 1.78. The number of hydrogen-bond donors (Lipinski definition) is 1. The van der Waals surface area contributed by atoms with Gasteiger partial charge in [0.05, 0.1) is 6.21 Å². The number of furan rings is 1. The Kier molecular flexibility index (Phi) is 4.09. The first-order valence-corrected chi connectivity index (χ1v) is 7.27. The Labute approximate surface area is 134 Å². The van der Waals surface area contributed by atoms with Crippen molar-refractivity contribution in [2.75, 3.05) is 6.61 Å². The predicted octanol–water partition coefficient (Wildman–Crippen LogP) is 2.17. The second-order valence-electron chi connectivity index (χ2n) is 4.24. The first kappa shape index (κ1) is 13.9. The molecule has 2 aromatic rings. The summed E-state index contributed by atoms with van der Waals surface area (Å²) in [5, 5.41) is 3.83. The third-order valence-corrected chi connectivity index (χ3v) is 3.34. The summed E-state index contributed by atoms with van der Waals surface area (Å²) in [7, 11) is 0. The third kappa shape index (κ3) is 3.35. The van der Waals surface area contributed by atoms with Gasteiger partial charge >= 0.3 is 0 Å². The molecule has 2 heterocycles. The highest BCUT2D eigenvalue weighted by molar-refractivity contribution is 14.1. The summed E-state index contributed by atoms with van der Waals surface area (Å²) in [6, 6.07) is 10.8. The van der Waals surface area contributed by atoms with Crippen LogP contribution in [0.5, 0.6) is 11.5 Å². The topological polar surface area (TPSA) is 73.1 Å². The van der Waals surface area contributed by atoms with E-state index in [9.17, 15) is 4.79 Å². The van der Waals surface area contributed by atoms with Gasteiger partial charge in [0.25, 0.3) is 5.91 Å². The maximum absolute atomic E-state index is 11.9. The molecule has 0 fully saturated rings. The summed E-state index contributed by atoms with van der Waals surface area (Å²) in [4.78, 5) is 11.9. The van der Waals surface area contributed by atoms with Crippen LogP contribution in [0.1, 0.15) is 5.76 Å². The van der Waals surface area contributed by atoms with Crippen molar-refractivity contribution < 1.29 is 18.7 Å². The Bertz CT molecular complexity index is 683. The molecule has 0 saturated carbocycles. The van der Waals surface area contributed by atoms with Gasteiger partial charge in [0, 0.05) is 0 Å². The molecule has 1 amide bonds. The van der Waals surface area contributed by atoms with Crippen molar-refractivity contribution in [3.05, 3.63) is 45.9 Å². The number of halogens is 1. The Balaban J connectivity index is 1.58. The maximum atomic E-state index is 11.9. The summed E-state index contributed by atoms with van der Waals surface area (Å²) in [6.07, 6.45) is 0.700. The van der Waals surface area contributed by atoms with Crippen LogP contribution < -0.4 is 14.9 Å². The van der Waals surface area contributed by atoms with Gasteiger partial charge in [-0.1, -0.05) is 12.1 Å². The van der Waals surface area contributed by atoms with E-state index in [0.717, 1.165) is 3.77 Å². The number of fused-ring (bicyclic) bond motifs is 1. The Morgan fingerprint density at radius 1 is 1.29 bits per heavy atom. The number of rotatable bonds is 3. The van der Waals surface area contributed by atoms with Gasteiger partial charge in [-0.2, -0.15) is 5.10 Å². The minimum atomic E-state index is -0.728. The van der Waals surface area contributed by atoms with Crippen LogP contribution in [-0.2, 0) is 4.79 Å². The van der Waals surface area contributed by atoms with E-state index >= 15 is 0 Å². The van der Waals surface area contributed by atoms with Crippen LogP contribution in [0.25, 0.3) is 0 Å². The van der Waals surface area contributed by atoms with Gasteiger partial charge in [0.15, 0.2) is 15.3 Å². The normalized spacial score (nSPS) is 16.9. The van der Waals surface area contributed by atoms with Crippen molar-refractivity contribution in [1.82, 2.24) is 5.43 Å². The van der Waals surface area contributed by atoms with Crippen molar-refractivity contribution in [1.29, 1.82) is 0 Å². The average Bonchev–Trinajstić information content (AvgIpc) is 2.92. The minimum absolute atomic E-state index is 0.150.